The number of nitrogens with zero attached hydrogens (tertiary/aromatic N) is 5. The lowest BCUT2D eigenvalue weighted by atomic mass is 10.1. The van der Waals surface area contributed by atoms with Gasteiger partial charge in [0.2, 0.25) is 0 Å². The summed E-state index contributed by atoms with van der Waals surface area (Å²) < 4.78 is 13.4. The molecular weight excluding hydrogens is 465 g/mol. The first kappa shape index (κ1) is 23.2. The van der Waals surface area contributed by atoms with E-state index >= 15 is 0 Å². The summed E-state index contributed by atoms with van der Waals surface area (Å²) in [5.41, 5.74) is 3.98. The first-order valence-corrected chi connectivity index (χ1v) is 11.4. The molecule has 11 heteroatoms. The second-order valence-corrected chi connectivity index (χ2v) is 8.60. The summed E-state index contributed by atoms with van der Waals surface area (Å²) in [4.78, 5) is 45.4. The Morgan fingerprint density at radius 2 is 1.89 bits per heavy atom. The molecule has 1 atom stereocenters. The molecule has 2 aliphatic rings. The molecular formula is C25H22FN7O3. The quantitative estimate of drug-likeness (QED) is 0.552. The topological polar surface area (TPSA) is 129 Å². The summed E-state index contributed by atoms with van der Waals surface area (Å²) >= 11 is 0. The molecule has 3 aromatic rings. The van der Waals surface area contributed by atoms with Crippen LogP contribution >= 0.6 is 0 Å². The Kier molecular flexibility index (Phi) is 6.19. The van der Waals surface area contributed by atoms with Gasteiger partial charge in [-0.05, 0) is 60.2 Å². The Labute approximate surface area is 205 Å². The third kappa shape index (κ3) is 4.67. The minimum atomic E-state index is -0.472. The van der Waals surface area contributed by atoms with Crippen LogP contribution in [0, 0.1) is 12.7 Å². The maximum absolute atomic E-state index is 13.4. The molecule has 2 heterocycles. The van der Waals surface area contributed by atoms with Gasteiger partial charge in [-0.1, -0.05) is 23.4 Å². The number of hydrogen-bond donors (Lipinski definition) is 2. The standard InChI is InChI=1S/C25H22FN7O3/c1-14-8-15(2-6-19(14)26)11-27-24(35)21-10-22(29-13-28-21)25(36)31-20-7-3-16-9-17(4-5-18(16)20)33-23(34)12-30-32-33/h2,4-6,8-10,13,20H,3,7,11-12H2,1H3,(H,27,35)(H,31,36)/t20-/m0/s1. The number of hydrogen-bond acceptors (Lipinski definition) is 7. The van der Waals surface area contributed by atoms with Crippen molar-refractivity contribution >= 4 is 23.4 Å². The molecule has 0 saturated carbocycles. The molecule has 2 N–H and O–H groups in total. The van der Waals surface area contributed by atoms with Gasteiger partial charge in [0.25, 0.3) is 17.7 Å². The van der Waals surface area contributed by atoms with Gasteiger partial charge in [-0.3, -0.25) is 14.4 Å². The average molecular weight is 487 g/mol. The maximum Gasteiger partial charge on any atom is 0.272 e. The molecule has 0 saturated heterocycles. The van der Waals surface area contributed by atoms with Crippen molar-refractivity contribution in [2.45, 2.75) is 32.4 Å². The predicted octanol–water partition coefficient (Wildman–Crippen LogP) is 2.99. The lowest BCUT2D eigenvalue weighted by Crippen LogP contribution is -2.29. The molecule has 10 nitrogen and oxygen atoms in total. The zero-order valence-corrected chi connectivity index (χ0v) is 19.4. The Balaban J connectivity index is 1.23. The fourth-order valence-corrected chi connectivity index (χ4v) is 4.28. The molecule has 3 amide bonds. The maximum atomic E-state index is 13.4. The zero-order valence-electron chi connectivity index (χ0n) is 19.4. The van der Waals surface area contributed by atoms with Crippen molar-refractivity contribution in [3.8, 4) is 0 Å². The highest BCUT2D eigenvalue weighted by Crippen LogP contribution is 2.34. The predicted molar refractivity (Wildman–Crippen MR) is 127 cm³/mol. The number of aryl methyl sites for hydroxylation is 2. The van der Waals surface area contributed by atoms with E-state index in [9.17, 15) is 18.8 Å². The molecule has 1 aromatic heterocycles. The van der Waals surface area contributed by atoms with Gasteiger partial charge in [-0.25, -0.2) is 14.4 Å². The molecule has 0 radical (unpaired) electrons. The first-order chi connectivity index (χ1) is 17.4. The van der Waals surface area contributed by atoms with Crippen molar-refractivity contribution in [2.75, 3.05) is 11.6 Å². The Bertz CT molecular complexity index is 1410. The largest absolute Gasteiger partial charge is 0.347 e. The van der Waals surface area contributed by atoms with Gasteiger partial charge in [0.15, 0.2) is 0 Å². The number of aromatic nitrogens is 2. The smallest absolute Gasteiger partial charge is 0.272 e. The Hall–Kier alpha value is -4.54. The molecule has 2 aromatic carbocycles. The van der Waals surface area contributed by atoms with Crippen LogP contribution < -0.4 is 15.6 Å². The summed E-state index contributed by atoms with van der Waals surface area (Å²) in [6, 6.07) is 11.2. The molecule has 0 unspecified atom stereocenters. The fourth-order valence-electron chi connectivity index (χ4n) is 4.28. The summed E-state index contributed by atoms with van der Waals surface area (Å²) in [5.74, 6) is -1.39. The van der Waals surface area contributed by atoms with E-state index in [1.54, 1.807) is 25.1 Å². The number of carbonyl (C=O) groups excluding carboxylic acids is 3. The summed E-state index contributed by atoms with van der Waals surface area (Å²) in [6.07, 6.45) is 2.59. The number of amides is 3. The van der Waals surface area contributed by atoms with Gasteiger partial charge in [-0.2, -0.15) is 10.1 Å². The van der Waals surface area contributed by atoms with E-state index in [0.717, 1.165) is 23.1 Å². The van der Waals surface area contributed by atoms with Crippen LogP contribution in [-0.2, 0) is 17.8 Å². The zero-order chi connectivity index (χ0) is 25.2. The van der Waals surface area contributed by atoms with Gasteiger partial charge in [0.05, 0.1) is 11.7 Å². The molecule has 0 spiro atoms. The number of rotatable bonds is 6. The third-order valence-electron chi connectivity index (χ3n) is 6.16. The van der Waals surface area contributed by atoms with Crippen LogP contribution in [0.25, 0.3) is 0 Å². The number of benzene rings is 2. The van der Waals surface area contributed by atoms with Crippen LogP contribution in [0.15, 0.2) is 59.1 Å². The van der Waals surface area contributed by atoms with E-state index in [0.29, 0.717) is 17.7 Å². The van der Waals surface area contributed by atoms with Crippen LogP contribution in [0.5, 0.6) is 0 Å². The number of nitrogens with one attached hydrogen (secondary N) is 2. The monoisotopic (exact) mass is 487 g/mol. The van der Waals surface area contributed by atoms with Crippen LogP contribution in [0.1, 0.15) is 55.7 Å². The molecule has 182 valence electrons. The van der Waals surface area contributed by atoms with Gasteiger partial charge in [-0.15, -0.1) is 0 Å². The van der Waals surface area contributed by atoms with Gasteiger partial charge in [0.1, 0.15) is 30.1 Å². The number of anilines is 1. The second-order valence-electron chi connectivity index (χ2n) is 8.60. The van der Waals surface area contributed by atoms with E-state index in [-0.39, 0.29) is 42.2 Å². The molecule has 5 rings (SSSR count). The molecule has 0 fully saturated rings. The van der Waals surface area contributed by atoms with Crippen molar-refractivity contribution < 1.29 is 18.8 Å². The highest BCUT2D eigenvalue weighted by atomic mass is 19.1. The van der Waals surface area contributed by atoms with E-state index in [1.165, 1.54) is 23.5 Å². The van der Waals surface area contributed by atoms with Gasteiger partial charge < -0.3 is 10.6 Å². The van der Waals surface area contributed by atoms with E-state index in [1.807, 2.05) is 12.1 Å². The van der Waals surface area contributed by atoms with E-state index < -0.39 is 11.8 Å². The minimum Gasteiger partial charge on any atom is -0.347 e. The first-order valence-electron chi connectivity index (χ1n) is 11.4. The normalized spacial score (nSPS) is 16.2. The highest BCUT2D eigenvalue weighted by molar-refractivity contribution is 5.97. The molecule has 1 aliphatic carbocycles. The lowest BCUT2D eigenvalue weighted by Gasteiger charge is -2.16. The SMILES string of the molecule is Cc1cc(CNC(=O)c2cc(C(=O)N[C@H]3CCc4cc(N5N=NCC5=O)ccc43)ncn2)ccc1F. The Morgan fingerprint density at radius 3 is 2.64 bits per heavy atom. The summed E-state index contributed by atoms with van der Waals surface area (Å²) in [7, 11) is 0. The number of fused-ring (bicyclic) bond motifs is 1. The van der Waals surface area contributed by atoms with Crippen molar-refractivity contribution in [1.82, 2.24) is 20.6 Å². The van der Waals surface area contributed by atoms with E-state index in [4.69, 9.17) is 0 Å². The van der Waals surface area contributed by atoms with Crippen molar-refractivity contribution in [3.05, 3.63) is 88.3 Å². The van der Waals surface area contributed by atoms with Gasteiger partial charge in [0, 0.05) is 12.6 Å². The van der Waals surface area contributed by atoms with Crippen molar-refractivity contribution in [1.29, 1.82) is 0 Å². The highest BCUT2D eigenvalue weighted by Gasteiger charge is 2.28. The average Bonchev–Trinajstić information content (AvgIpc) is 3.50. The van der Waals surface area contributed by atoms with Crippen LogP contribution in [0.2, 0.25) is 0 Å². The molecule has 36 heavy (non-hydrogen) atoms. The van der Waals surface area contributed by atoms with Crippen LogP contribution in [0.3, 0.4) is 0 Å². The Morgan fingerprint density at radius 1 is 1.08 bits per heavy atom. The molecule has 0 bridgehead atoms. The lowest BCUT2D eigenvalue weighted by molar-refractivity contribution is -0.116. The fraction of sp³-hybridized carbons (Fsp3) is 0.240. The van der Waals surface area contributed by atoms with Gasteiger partial charge >= 0.3 is 0 Å². The molecule has 1 aliphatic heterocycles. The van der Waals surface area contributed by atoms with Crippen molar-refractivity contribution in [3.63, 3.8) is 0 Å². The second kappa shape index (κ2) is 9.61. The third-order valence-corrected chi connectivity index (χ3v) is 6.16. The number of halogens is 1. The summed E-state index contributed by atoms with van der Waals surface area (Å²) in [6.45, 7) is 1.88. The van der Waals surface area contributed by atoms with Crippen molar-refractivity contribution in [2.24, 2.45) is 10.3 Å². The summed E-state index contributed by atoms with van der Waals surface area (Å²) in [5, 5.41) is 14.6. The minimum absolute atomic E-state index is 0.0423. The van der Waals surface area contributed by atoms with Crippen LogP contribution in [0.4, 0.5) is 10.1 Å². The van der Waals surface area contributed by atoms with Crippen LogP contribution in [-0.4, -0.2) is 34.2 Å². The number of carbonyl (C=O) groups is 3. The van der Waals surface area contributed by atoms with E-state index in [2.05, 4.69) is 30.9 Å².